The number of anilines is 1. The molecule has 22 heavy (non-hydrogen) atoms. The molecular weight excluding hydrogens is 332 g/mol. The van der Waals surface area contributed by atoms with Crippen molar-refractivity contribution in [3.05, 3.63) is 10.4 Å². The summed E-state index contributed by atoms with van der Waals surface area (Å²) in [6, 6.07) is -1.59. The van der Waals surface area contributed by atoms with Crippen LogP contribution in [-0.2, 0) is 4.79 Å². The Morgan fingerprint density at radius 1 is 1.50 bits per heavy atom. The van der Waals surface area contributed by atoms with Gasteiger partial charge in [-0.05, 0) is 12.3 Å². The molecule has 122 valence electrons. The quantitative estimate of drug-likeness (QED) is 0.422. The molecule has 0 saturated carbocycles. The van der Waals surface area contributed by atoms with Gasteiger partial charge in [0.15, 0.2) is 0 Å². The van der Waals surface area contributed by atoms with Gasteiger partial charge in [-0.1, -0.05) is 25.2 Å². The van der Waals surface area contributed by atoms with Crippen molar-refractivity contribution in [2.24, 2.45) is 11.2 Å². The second-order valence-electron chi connectivity index (χ2n) is 4.76. The van der Waals surface area contributed by atoms with E-state index in [0.29, 0.717) is 16.6 Å². The second kappa shape index (κ2) is 9.26. The van der Waals surface area contributed by atoms with Gasteiger partial charge in [0.05, 0.1) is 11.8 Å². The molecule has 0 aliphatic carbocycles. The molecule has 0 unspecified atom stereocenters. The summed E-state index contributed by atoms with van der Waals surface area (Å²) < 4.78 is 0. The average Bonchev–Trinajstić information content (AvgIpc) is 2.96. The van der Waals surface area contributed by atoms with Crippen LogP contribution in [0, 0.1) is 10.8 Å². The fraction of sp³-hybridized carbons (Fsp3) is 0.636. The molecule has 0 saturated heterocycles. The first-order valence-electron chi connectivity index (χ1n) is 6.52. The van der Waals surface area contributed by atoms with Crippen LogP contribution in [0.25, 0.3) is 0 Å². The third-order valence-corrected chi connectivity index (χ3v) is 3.32. The van der Waals surface area contributed by atoms with Crippen LogP contribution in [0.15, 0.2) is 10.8 Å². The van der Waals surface area contributed by atoms with E-state index in [0.717, 1.165) is 11.3 Å². The van der Waals surface area contributed by atoms with Crippen molar-refractivity contribution in [3.63, 3.8) is 0 Å². The van der Waals surface area contributed by atoms with Crippen LogP contribution in [0.3, 0.4) is 0 Å². The van der Waals surface area contributed by atoms with E-state index in [4.69, 9.17) is 11.6 Å². The molecule has 1 heterocycles. The minimum Gasteiger partial charge on any atom is -0.325 e. The molecule has 0 spiro atoms. The normalized spacial score (nSPS) is 11.8. The van der Waals surface area contributed by atoms with Gasteiger partial charge in [0.2, 0.25) is 11.0 Å². The van der Waals surface area contributed by atoms with Crippen molar-refractivity contribution >= 4 is 40.0 Å². The summed E-state index contributed by atoms with van der Waals surface area (Å²) in [7, 11) is 0. The number of halogens is 1. The zero-order valence-electron chi connectivity index (χ0n) is 12.2. The first-order chi connectivity index (χ1) is 10.5. The summed E-state index contributed by atoms with van der Waals surface area (Å²) in [5.41, 5.74) is 1.48. The minimum atomic E-state index is -0.823. The number of rotatable bonds is 8. The van der Waals surface area contributed by atoms with Crippen LogP contribution in [-0.4, -0.2) is 45.6 Å². The van der Waals surface area contributed by atoms with Gasteiger partial charge in [-0.25, -0.2) is 4.79 Å². The molecule has 11 heteroatoms. The number of aromatic nitrogens is 2. The number of nitroso groups, excluding NO2 is 1. The highest BCUT2D eigenvalue weighted by Crippen LogP contribution is 2.12. The maximum atomic E-state index is 12.2. The van der Waals surface area contributed by atoms with Gasteiger partial charge >= 0.3 is 6.03 Å². The molecule has 0 radical (unpaired) electrons. The number of nitrogens with zero attached hydrogens (tertiary/aromatic N) is 4. The lowest BCUT2D eigenvalue weighted by atomic mass is 10.0. The molecular formula is C11H17ClN6O3S. The Bertz CT molecular complexity index is 498. The van der Waals surface area contributed by atoms with Gasteiger partial charge in [0.25, 0.3) is 0 Å². The number of amides is 3. The number of carbonyl (C=O) groups is 2. The van der Waals surface area contributed by atoms with Crippen LogP contribution in [0.1, 0.15) is 20.3 Å². The zero-order valence-corrected chi connectivity index (χ0v) is 13.7. The van der Waals surface area contributed by atoms with E-state index < -0.39 is 18.0 Å². The predicted octanol–water partition coefficient (Wildman–Crippen LogP) is 1.82. The monoisotopic (exact) mass is 348 g/mol. The van der Waals surface area contributed by atoms with Crippen LogP contribution in [0.5, 0.6) is 0 Å². The Kier molecular flexibility index (Phi) is 7.67. The van der Waals surface area contributed by atoms with Crippen molar-refractivity contribution in [3.8, 4) is 0 Å². The SMILES string of the molecule is CC(C)C[C@H](NC(=O)N(CCCl)N=O)C(=O)Nc1nncs1. The van der Waals surface area contributed by atoms with Crippen molar-refractivity contribution in [2.75, 3.05) is 17.7 Å². The van der Waals surface area contributed by atoms with Crippen LogP contribution in [0.4, 0.5) is 9.93 Å². The smallest absolute Gasteiger partial charge is 0.325 e. The Morgan fingerprint density at radius 2 is 2.23 bits per heavy atom. The summed E-state index contributed by atoms with van der Waals surface area (Å²) in [5, 5.41) is 15.9. The number of carbonyl (C=O) groups excluding carboxylic acids is 2. The van der Waals surface area contributed by atoms with E-state index in [1.165, 1.54) is 5.51 Å². The molecule has 0 bridgehead atoms. The number of hydrogen-bond acceptors (Lipinski definition) is 7. The van der Waals surface area contributed by atoms with Crippen LogP contribution >= 0.6 is 22.9 Å². The van der Waals surface area contributed by atoms with Crippen molar-refractivity contribution in [2.45, 2.75) is 26.3 Å². The topological polar surface area (TPSA) is 117 Å². The Balaban J connectivity index is 2.72. The molecule has 0 aliphatic rings. The standard InChI is InChI=1S/C11H17ClN6O3S/c1-7(2)5-8(9(19)15-10-16-13-6-22-10)14-11(20)18(17-21)4-3-12/h6-8H,3-5H2,1-2H3,(H,14,20)(H,15,16,19)/t8-/m0/s1. The summed E-state index contributed by atoms with van der Waals surface area (Å²) in [5.74, 6) is -0.225. The van der Waals surface area contributed by atoms with Gasteiger partial charge in [0.1, 0.15) is 11.6 Å². The van der Waals surface area contributed by atoms with E-state index in [1.54, 1.807) is 0 Å². The minimum absolute atomic E-state index is 0.0384. The molecule has 2 N–H and O–H groups in total. The number of hydrogen-bond donors (Lipinski definition) is 2. The third-order valence-electron chi connectivity index (χ3n) is 2.54. The van der Waals surface area contributed by atoms with Crippen molar-refractivity contribution in [1.82, 2.24) is 20.5 Å². The van der Waals surface area contributed by atoms with Crippen molar-refractivity contribution < 1.29 is 9.59 Å². The summed E-state index contributed by atoms with van der Waals surface area (Å²) in [4.78, 5) is 34.7. The highest BCUT2D eigenvalue weighted by Gasteiger charge is 2.25. The second-order valence-corrected chi connectivity index (χ2v) is 5.97. The summed E-state index contributed by atoms with van der Waals surface area (Å²) in [6.07, 6.45) is 0.393. The highest BCUT2D eigenvalue weighted by atomic mass is 35.5. The molecule has 1 rings (SSSR count). The number of nitrogens with one attached hydrogen (secondary N) is 2. The van der Waals surface area contributed by atoms with E-state index in [1.807, 2.05) is 13.8 Å². The number of alkyl halides is 1. The zero-order chi connectivity index (χ0) is 16.5. The predicted molar refractivity (Wildman–Crippen MR) is 83.5 cm³/mol. The maximum absolute atomic E-state index is 12.2. The van der Waals surface area contributed by atoms with E-state index in [9.17, 15) is 14.5 Å². The largest absolute Gasteiger partial charge is 0.341 e. The first kappa shape index (κ1) is 18.2. The van der Waals surface area contributed by atoms with Gasteiger partial charge in [-0.2, -0.15) is 5.01 Å². The molecule has 0 aliphatic heterocycles. The molecule has 1 aromatic rings. The third kappa shape index (κ3) is 5.90. The maximum Gasteiger partial charge on any atom is 0.341 e. The average molecular weight is 349 g/mol. The van der Waals surface area contributed by atoms with E-state index >= 15 is 0 Å². The lowest BCUT2D eigenvalue weighted by Gasteiger charge is -2.21. The molecule has 9 nitrogen and oxygen atoms in total. The Hall–Kier alpha value is -1.81. The molecule has 0 aromatic carbocycles. The van der Waals surface area contributed by atoms with Gasteiger partial charge in [-0.3, -0.25) is 10.1 Å². The van der Waals surface area contributed by atoms with Crippen LogP contribution in [0.2, 0.25) is 0 Å². The van der Waals surface area contributed by atoms with Gasteiger partial charge in [-0.15, -0.1) is 26.7 Å². The Labute approximate surface area is 136 Å². The first-order valence-corrected chi connectivity index (χ1v) is 7.93. The fourth-order valence-corrected chi connectivity index (χ4v) is 2.21. The van der Waals surface area contributed by atoms with Crippen molar-refractivity contribution in [1.29, 1.82) is 0 Å². The molecule has 3 amide bonds. The fourth-order valence-electron chi connectivity index (χ4n) is 1.61. The number of urea groups is 1. The van der Waals surface area contributed by atoms with Crippen LogP contribution < -0.4 is 10.6 Å². The summed E-state index contributed by atoms with van der Waals surface area (Å²) in [6.45, 7) is 3.78. The molecule has 0 fully saturated rings. The van der Waals surface area contributed by atoms with Gasteiger partial charge in [0, 0.05) is 5.88 Å². The van der Waals surface area contributed by atoms with E-state index in [2.05, 4.69) is 26.1 Å². The van der Waals surface area contributed by atoms with E-state index in [-0.39, 0.29) is 18.3 Å². The molecule has 1 atom stereocenters. The summed E-state index contributed by atoms with van der Waals surface area (Å²) >= 11 is 6.65. The lowest BCUT2D eigenvalue weighted by Crippen LogP contribution is -2.49. The lowest BCUT2D eigenvalue weighted by molar-refractivity contribution is -0.118. The molecule has 1 aromatic heterocycles. The highest BCUT2D eigenvalue weighted by molar-refractivity contribution is 7.13. The Morgan fingerprint density at radius 3 is 2.73 bits per heavy atom. The van der Waals surface area contributed by atoms with Gasteiger partial charge < -0.3 is 5.32 Å².